The number of carbonyl (C=O) groups excluding carboxylic acids is 1. The second-order valence-electron chi connectivity index (χ2n) is 4.33. The standard InChI is InChI=1S/C13H11N5O3S/c14-5-7-18(8-6-15)12(19)9-16-13-10-3-1-2-4-11(10)22(20,21)17-13/h1-4H,7-9H2,(H,16,17). The van der Waals surface area contributed by atoms with E-state index in [0.717, 1.165) is 4.90 Å². The Labute approximate surface area is 127 Å². The Bertz CT molecular complexity index is 801. The van der Waals surface area contributed by atoms with Crippen LogP contribution in [0.2, 0.25) is 0 Å². The van der Waals surface area contributed by atoms with Crippen molar-refractivity contribution in [3.05, 3.63) is 29.8 Å². The third-order valence-electron chi connectivity index (χ3n) is 2.91. The van der Waals surface area contributed by atoms with Gasteiger partial charge >= 0.3 is 0 Å². The van der Waals surface area contributed by atoms with Crippen LogP contribution < -0.4 is 4.72 Å². The van der Waals surface area contributed by atoms with Gasteiger partial charge in [-0.15, -0.1) is 0 Å². The van der Waals surface area contributed by atoms with Gasteiger partial charge in [-0.2, -0.15) is 10.5 Å². The summed E-state index contributed by atoms with van der Waals surface area (Å²) in [4.78, 5) is 17.0. The SMILES string of the molecule is N#CCN(CC#N)C(=O)CN=C1NS(=O)(=O)c2ccccc21. The maximum absolute atomic E-state index is 11.9. The molecule has 1 aliphatic heterocycles. The molecule has 1 aliphatic rings. The summed E-state index contributed by atoms with van der Waals surface area (Å²) >= 11 is 0. The lowest BCUT2D eigenvalue weighted by Crippen LogP contribution is -2.34. The molecule has 0 fully saturated rings. The molecule has 8 nitrogen and oxygen atoms in total. The van der Waals surface area contributed by atoms with Crippen LogP contribution in [-0.4, -0.2) is 44.7 Å². The van der Waals surface area contributed by atoms with Gasteiger partial charge in [0.15, 0.2) is 0 Å². The van der Waals surface area contributed by atoms with Crippen LogP contribution >= 0.6 is 0 Å². The summed E-state index contributed by atoms with van der Waals surface area (Å²) in [6, 6.07) is 9.85. The predicted octanol–water partition coefficient (Wildman–Crippen LogP) is -0.399. The number of nitriles is 2. The second kappa shape index (κ2) is 6.24. The van der Waals surface area contributed by atoms with E-state index in [1.165, 1.54) is 6.07 Å². The second-order valence-corrected chi connectivity index (χ2v) is 5.98. The summed E-state index contributed by atoms with van der Waals surface area (Å²) < 4.78 is 26.0. The Hall–Kier alpha value is -2.91. The van der Waals surface area contributed by atoms with Crippen LogP contribution in [0.25, 0.3) is 0 Å². The molecule has 0 aliphatic carbocycles. The van der Waals surface area contributed by atoms with Gasteiger partial charge in [0, 0.05) is 5.56 Å². The molecule has 0 aromatic heterocycles. The average Bonchev–Trinajstić information content (AvgIpc) is 2.76. The van der Waals surface area contributed by atoms with Crippen molar-refractivity contribution in [3.63, 3.8) is 0 Å². The summed E-state index contributed by atoms with van der Waals surface area (Å²) in [5.74, 6) is -0.447. The smallest absolute Gasteiger partial charge is 0.263 e. The van der Waals surface area contributed by atoms with Gasteiger partial charge in [0.1, 0.15) is 25.5 Å². The zero-order chi connectivity index (χ0) is 16.2. The van der Waals surface area contributed by atoms with Crippen molar-refractivity contribution in [2.24, 2.45) is 4.99 Å². The largest absolute Gasteiger partial charge is 0.314 e. The van der Waals surface area contributed by atoms with E-state index < -0.39 is 15.9 Å². The lowest BCUT2D eigenvalue weighted by atomic mass is 10.2. The molecule has 1 N–H and O–H groups in total. The molecule has 9 heteroatoms. The zero-order valence-electron chi connectivity index (χ0n) is 11.4. The molecule has 1 aromatic carbocycles. The number of nitrogens with one attached hydrogen (secondary N) is 1. The Kier molecular flexibility index (Phi) is 4.39. The van der Waals surface area contributed by atoms with Gasteiger partial charge in [-0.05, 0) is 12.1 Å². The van der Waals surface area contributed by atoms with Crippen molar-refractivity contribution in [2.75, 3.05) is 19.6 Å². The van der Waals surface area contributed by atoms with E-state index in [-0.39, 0.29) is 30.4 Å². The normalized spacial score (nSPS) is 16.2. The lowest BCUT2D eigenvalue weighted by Gasteiger charge is -2.14. The van der Waals surface area contributed by atoms with Crippen molar-refractivity contribution in [2.45, 2.75) is 4.90 Å². The van der Waals surface area contributed by atoms with E-state index in [9.17, 15) is 13.2 Å². The minimum atomic E-state index is -3.65. The zero-order valence-corrected chi connectivity index (χ0v) is 12.2. The van der Waals surface area contributed by atoms with Gasteiger partial charge in [0.2, 0.25) is 5.91 Å². The maximum atomic E-state index is 11.9. The van der Waals surface area contributed by atoms with E-state index in [1.807, 2.05) is 0 Å². The van der Waals surface area contributed by atoms with Gasteiger partial charge in [-0.25, -0.2) is 8.42 Å². The topological polar surface area (TPSA) is 126 Å². The third kappa shape index (κ3) is 3.05. The van der Waals surface area contributed by atoms with E-state index in [1.54, 1.807) is 30.3 Å². The molecule has 1 heterocycles. The minimum absolute atomic E-state index is 0.0813. The third-order valence-corrected chi connectivity index (χ3v) is 4.31. The van der Waals surface area contributed by atoms with Crippen molar-refractivity contribution in [1.82, 2.24) is 9.62 Å². The van der Waals surface area contributed by atoms with Gasteiger partial charge in [-0.1, -0.05) is 12.1 Å². The van der Waals surface area contributed by atoms with Crippen LogP contribution in [0.4, 0.5) is 0 Å². The average molecular weight is 317 g/mol. The quantitative estimate of drug-likeness (QED) is 0.756. The number of sulfonamides is 1. The van der Waals surface area contributed by atoms with Crippen molar-refractivity contribution >= 4 is 21.8 Å². The van der Waals surface area contributed by atoms with Crippen LogP contribution in [0.1, 0.15) is 5.56 Å². The number of nitrogens with zero attached hydrogens (tertiary/aromatic N) is 4. The number of fused-ring (bicyclic) bond motifs is 1. The number of amides is 1. The highest BCUT2D eigenvalue weighted by Gasteiger charge is 2.30. The van der Waals surface area contributed by atoms with E-state index in [0.29, 0.717) is 5.56 Å². The molecule has 0 unspecified atom stereocenters. The van der Waals surface area contributed by atoms with Crippen LogP contribution in [0, 0.1) is 22.7 Å². The summed E-state index contributed by atoms with van der Waals surface area (Å²) in [6.07, 6.45) is 0. The van der Waals surface area contributed by atoms with E-state index >= 15 is 0 Å². The molecule has 0 atom stereocenters. The summed E-state index contributed by atoms with van der Waals surface area (Å²) in [7, 11) is -3.65. The van der Waals surface area contributed by atoms with Crippen molar-refractivity contribution in [1.29, 1.82) is 10.5 Å². The van der Waals surface area contributed by atoms with Crippen LogP contribution in [0.3, 0.4) is 0 Å². The molecule has 0 bridgehead atoms. The Morgan fingerprint density at radius 1 is 1.23 bits per heavy atom. The van der Waals surface area contributed by atoms with Gasteiger partial charge in [-0.3, -0.25) is 14.5 Å². The number of aliphatic imine (C=N–C) groups is 1. The number of amidine groups is 1. The molecule has 0 spiro atoms. The first kappa shape index (κ1) is 15.5. The van der Waals surface area contributed by atoms with E-state index in [4.69, 9.17) is 10.5 Å². The fraction of sp³-hybridized carbons (Fsp3) is 0.231. The number of hydrogen-bond acceptors (Lipinski definition) is 6. The van der Waals surface area contributed by atoms with Crippen LogP contribution in [0.5, 0.6) is 0 Å². The lowest BCUT2D eigenvalue weighted by molar-refractivity contribution is -0.128. The fourth-order valence-electron chi connectivity index (χ4n) is 1.90. The van der Waals surface area contributed by atoms with Crippen LogP contribution in [0.15, 0.2) is 34.2 Å². The van der Waals surface area contributed by atoms with Crippen molar-refractivity contribution < 1.29 is 13.2 Å². The van der Waals surface area contributed by atoms with Gasteiger partial charge in [0.25, 0.3) is 10.0 Å². The highest BCUT2D eigenvalue weighted by Crippen LogP contribution is 2.21. The highest BCUT2D eigenvalue weighted by molar-refractivity contribution is 7.90. The summed E-state index contributed by atoms with van der Waals surface area (Å²) in [6.45, 7) is -0.797. The first-order chi connectivity index (χ1) is 10.5. The summed E-state index contributed by atoms with van der Waals surface area (Å²) in [5.41, 5.74) is 0.391. The molecule has 1 amide bonds. The Morgan fingerprint density at radius 3 is 2.50 bits per heavy atom. The monoisotopic (exact) mass is 317 g/mol. The number of hydrogen-bond donors (Lipinski definition) is 1. The summed E-state index contributed by atoms with van der Waals surface area (Å²) in [5, 5.41) is 17.2. The molecule has 1 aromatic rings. The van der Waals surface area contributed by atoms with Crippen LogP contribution in [-0.2, 0) is 14.8 Å². The maximum Gasteiger partial charge on any atom is 0.263 e. The van der Waals surface area contributed by atoms with E-state index in [2.05, 4.69) is 9.71 Å². The number of rotatable bonds is 4. The minimum Gasteiger partial charge on any atom is -0.314 e. The molecule has 112 valence electrons. The predicted molar refractivity (Wildman–Crippen MR) is 76.0 cm³/mol. The first-order valence-electron chi connectivity index (χ1n) is 6.18. The first-order valence-corrected chi connectivity index (χ1v) is 7.66. The molecular formula is C13H11N5O3S. The van der Waals surface area contributed by atoms with Gasteiger partial charge in [0.05, 0.1) is 17.0 Å². The van der Waals surface area contributed by atoms with Gasteiger partial charge < -0.3 is 4.90 Å². The number of carbonyl (C=O) groups is 1. The molecule has 22 heavy (non-hydrogen) atoms. The number of benzene rings is 1. The molecule has 0 saturated heterocycles. The molecule has 0 saturated carbocycles. The molecule has 2 rings (SSSR count). The Morgan fingerprint density at radius 2 is 1.86 bits per heavy atom. The fourth-order valence-corrected chi connectivity index (χ4v) is 3.15. The highest BCUT2D eigenvalue weighted by atomic mass is 32.2. The molecular weight excluding hydrogens is 306 g/mol. The van der Waals surface area contributed by atoms with Crippen molar-refractivity contribution in [3.8, 4) is 12.1 Å². The molecule has 0 radical (unpaired) electrons. The Balaban J connectivity index is 2.21.